The van der Waals surface area contributed by atoms with Crippen molar-refractivity contribution < 1.29 is 28.6 Å². The van der Waals surface area contributed by atoms with Crippen LogP contribution in [-0.4, -0.2) is 68.3 Å². The number of benzene rings is 1. The Bertz CT molecular complexity index is 806. The summed E-state index contributed by atoms with van der Waals surface area (Å²) in [7, 11) is 1.49. The lowest BCUT2D eigenvalue weighted by molar-refractivity contribution is -0.136. The Kier molecular flexibility index (Phi) is 7.73. The molecule has 0 saturated carbocycles. The molecule has 3 amide bonds. The Morgan fingerprint density at radius 1 is 1.16 bits per heavy atom. The van der Waals surface area contributed by atoms with Gasteiger partial charge in [-0.3, -0.25) is 14.4 Å². The van der Waals surface area contributed by atoms with Crippen LogP contribution in [-0.2, 0) is 14.3 Å². The first-order valence-corrected chi connectivity index (χ1v) is 10.7. The van der Waals surface area contributed by atoms with Gasteiger partial charge >= 0.3 is 0 Å². The zero-order valence-corrected chi connectivity index (χ0v) is 18.3. The van der Waals surface area contributed by atoms with Crippen molar-refractivity contribution in [1.29, 1.82) is 0 Å². The number of fused-ring (bicyclic) bond motifs is 1. The second-order valence-electron chi connectivity index (χ2n) is 7.99. The van der Waals surface area contributed by atoms with Crippen LogP contribution in [0.5, 0.6) is 11.5 Å². The van der Waals surface area contributed by atoms with Crippen LogP contribution >= 0.6 is 0 Å². The van der Waals surface area contributed by atoms with E-state index in [0.717, 1.165) is 6.42 Å². The van der Waals surface area contributed by atoms with E-state index < -0.39 is 6.04 Å². The summed E-state index contributed by atoms with van der Waals surface area (Å²) in [6.07, 6.45) is 2.03. The van der Waals surface area contributed by atoms with Gasteiger partial charge in [-0.05, 0) is 50.3 Å². The van der Waals surface area contributed by atoms with Gasteiger partial charge in [0.05, 0.1) is 0 Å². The number of nitrogens with zero attached hydrogens (tertiary/aromatic N) is 1. The number of hydrogen-bond acceptors (Lipinski definition) is 6. The molecule has 3 rings (SSSR count). The van der Waals surface area contributed by atoms with E-state index in [1.807, 2.05) is 13.8 Å². The molecule has 9 heteroatoms. The molecule has 1 fully saturated rings. The van der Waals surface area contributed by atoms with Crippen molar-refractivity contribution >= 4 is 17.7 Å². The van der Waals surface area contributed by atoms with Gasteiger partial charge in [0.15, 0.2) is 11.5 Å². The maximum absolute atomic E-state index is 13.0. The van der Waals surface area contributed by atoms with Gasteiger partial charge in [0.2, 0.25) is 18.6 Å². The summed E-state index contributed by atoms with van der Waals surface area (Å²) in [4.78, 5) is 39.8. The molecule has 2 heterocycles. The Balaban J connectivity index is 1.70. The van der Waals surface area contributed by atoms with Crippen molar-refractivity contribution in [2.45, 2.75) is 45.2 Å². The summed E-state index contributed by atoms with van der Waals surface area (Å²) >= 11 is 0. The number of ether oxygens (including phenoxy) is 3. The van der Waals surface area contributed by atoms with Gasteiger partial charge < -0.3 is 29.7 Å². The molecular weight excluding hydrogens is 402 g/mol. The van der Waals surface area contributed by atoms with Gasteiger partial charge in [0, 0.05) is 31.8 Å². The number of amides is 3. The first-order chi connectivity index (χ1) is 14.9. The van der Waals surface area contributed by atoms with Gasteiger partial charge in [-0.15, -0.1) is 0 Å². The van der Waals surface area contributed by atoms with Gasteiger partial charge in [0.1, 0.15) is 12.6 Å². The minimum absolute atomic E-state index is 0.000755. The van der Waals surface area contributed by atoms with Crippen molar-refractivity contribution in [3.8, 4) is 11.5 Å². The molecule has 2 N–H and O–H groups in total. The van der Waals surface area contributed by atoms with Gasteiger partial charge in [-0.2, -0.15) is 0 Å². The molecule has 0 bridgehead atoms. The van der Waals surface area contributed by atoms with Crippen molar-refractivity contribution in [2.24, 2.45) is 5.92 Å². The van der Waals surface area contributed by atoms with Crippen molar-refractivity contribution in [3.05, 3.63) is 23.8 Å². The minimum Gasteiger partial charge on any atom is -0.454 e. The average molecular weight is 434 g/mol. The van der Waals surface area contributed by atoms with Gasteiger partial charge in [0.25, 0.3) is 5.91 Å². The maximum Gasteiger partial charge on any atom is 0.252 e. The number of carbonyl (C=O) groups is 3. The molecule has 2 aliphatic rings. The molecule has 0 radical (unpaired) electrons. The summed E-state index contributed by atoms with van der Waals surface area (Å²) in [5.41, 5.74) is 0.401. The molecule has 170 valence electrons. The van der Waals surface area contributed by atoms with E-state index in [-0.39, 0.29) is 43.1 Å². The van der Waals surface area contributed by atoms with Crippen molar-refractivity contribution in [3.63, 3.8) is 0 Å². The predicted molar refractivity (Wildman–Crippen MR) is 113 cm³/mol. The maximum atomic E-state index is 13.0. The molecule has 0 aliphatic carbocycles. The highest BCUT2D eigenvalue weighted by molar-refractivity contribution is 5.98. The quantitative estimate of drug-likeness (QED) is 0.640. The van der Waals surface area contributed by atoms with Crippen LogP contribution in [0.4, 0.5) is 0 Å². The van der Waals surface area contributed by atoms with E-state index in [1.165, 1.54) is 7.11 Å². The fourth-order valence-electron chi connectivity index (χ4n) is 3.79. The summed E-state index contributed by atoms with van der Waals surface area (Å²) in [5, 5.41) is 5.90. The Morgan fingerprint density at radius 2 is 1.87 bits per heavy atom. The van der Waals surface area contributed by atoms with Crippen molar-refractivity contribution in [1.82, 2.24) is 15.5 Å². The number of piperidine rings is 1. The lowest BCUT2D eigenvalue weighted by Gasteiger charge is -2.36. The number of nitrogens with one attached hydrogen (secondary N) is 2. The lowest BCUT2D eigenvalue weighted by Crippen LogP contribution is -2.55. The zero-order valence-electron chi connectivity index (χ0n) is 18.3. The van der Waals surface area contributed by atoms with Crippen LogP contribution in [0.15, 0.2) is 18.2 Å². The van der Waals surface area contributed by atoms with E-state index in [1.54, 1.807) is 23.1 Å². The van der Waals surface area contributed by atoms with Crippen LogP contribution in [0, 0.1) is 5.92 Å². The summed E-state index contributed by atoms with van der Waals surface area (Å²) in [6, 6.07) is 4.27. The molecule has 0 spiro atoms. The normalized spacial score (nSPS) is 17.7. The number of hydrogen-bond donors (Lipinski definition) is 2. The molecular formula is C22H31N3O6. The lowest BCUT2D eigenvalue weighted by atomic mass is 9.88. The largest absolute Gasteiger partial charge is 0.454 e. The van der Waals surface area contributed by atoms with E-state index in [2.05, 4.69) is 10.6 Å². The molecule has 31 heavy (non-hydrogen) atoms. The minimum atomic E-state index is -0.688. The highest BCUT2D eigenvalue weighted by Gasteiger charge is 2.34. The van der Waals surface area contributed by atoms with Gasteiger partial charge in [-0.25, -0.2) is 0 Å². The number of likely N-dealkylation sites (tertiary alicyclic amines) is 1. The van der Waals surface area contributed by atoms with E-state index in [0.29, 0.717) is 43.0 Å². The first kappa shape index (κ1) is 22.9. The molecule has 1 aromatic rings. The second kappa shape index (κ2) is 10.5. The first-order valence-electron chi connectivity index (χ1n) is 10.7. The van der Waals surface area contributed by atoms with Crippen LogP contribution in [0.1, 0.15) is 43.5 Å². The third kappa shape index (κ3) is 5.66. The summed E-state index contributed by atoms with van der Waals surface area (Å²) < 4.78 is 15.6. The fourth-order valence-corrected chi connectivity index (χ4v) is 3.79. The highest BCUT2D eigenvalue weighted by atomic mass is 16.7. The number of methoxy groups -OCH3 is 1. The zero-order chi connectivity index (χ0) is 22.4. The standard InChI is InChI=1S/C22H31N3O6/c1-4-14(2)23-22(28)20(15-7-9-25(10-8-15)19(26)12-29-3)24-21(27)16-5-6-17-18(11-16)31-13-30-17/h5-6,11,14-15,20H,4,7-10,12-13H2,1-3H3,(H,23,28)(H,24,27). The van der Waals surface area contributed by atoms with Gasteiger partial charge in [-0.1, -0.05) is 6.92 Å². The predicted octanol–water partition coefficient (Wildman–Crippen LogP) is 1.31. The van der Waals surface area contributed by atoms with Crippen LogP contribution in [0.3, 0.4) is 0 Å². The third-order valence-electron chi connectivity index (χ3n) is 5.84. The average Bonchev–Trinajstić information content (AvgIpc) is 3.25. The summed E-state index contributed by atoms with van der Waals surface area (Å²) in [6.45, 7) is 5.15. The van der Waals surface area contributed by atoms with Crippen molar-refractivity contribution in [2.75, 3.05) is 33.6 Å². The molecule has 1 aromatic carbocycles. The van der Waals surface area contributed by atoms with E-state index in [4.69, 9.17) is 14.2 Å². The smallest absolute Gasteiger partial charge is 0.252 e. The van der Waals surface area contributed by atoms with Crippen LogP contribution in [0.25, 0.3) is 0 Å². The molecule has 2 atom stereocenters. The molecule has 9 nitrogen and oxygen atoms in total. The Morgan fingerprint density at radius 3 is 2.55 bits per heavy atom. The summed E-state index contributed by atoms with van der Waals surface area (Å²) in [5.74, 6) is 0.416. The molecule has 1 saturated heterocycles. The molecule has 2 aliphatic heterocycles. The second-order valence-corrected chi connectivity index (χ2v) is 7.99. The third-order valence-corrected chi connectivity index (χ3v) is 5.84. The highest BCUT2D eigenvalue weighted by Crippen LogP contribution is 2.32. The number of rotatable bonds is 8. The van der Waals surface area contributed by atoms with E-state index in [9.17, 15) is 14.4 Å². The van der Waals surface area contributed by atoms with Crippen LogP contribution in [0.2, 0.25) is 0 Å². The fraction of sp³-hybridized carbons (Fsp3) is 0.591. The topological polar surface area (TPSA) is 106 Å². The number of carbonyl (C=O) groups excluding carboxylic acids is 3. The SMILES string of the molecule is CCC(C)NC(=O)C(NC(=O)c1ccc2c(c1)OCO2)C1CCN(C(=O)COC)CC1. The molecule has 2 unspecified atom stereocenters. The van der Waals surface area contributed by atoms with E-state index >= 15 is 0 Å². The monoisotopic (exact) mass is 433 g/mol. The Labute approximate surface area is 182 Å². The molecule has 0 aromatic heterocycles. The Hall–Kier alpha value is -2.81. The van der Waals surface area contributed by atoms with Crippen LogP contribution < -0.4 is 20.1 Å².